The highest BCUT2D eigenvalue weighted by molar-refractivity contribution is 7.99. The summed E-state index contributed by atoms with van der Waals surface area (Å²) in [5, 5.41) is 15.4. The first-order valence-electron chi connectivity index (χ1n) is 12.6. The molecule has 2 N–H and O–H groups in total. The summed E-state index contributed by atoms with van der Waals surface area (Å²) in [7, 11) is 1.59. The summed E-state index contributed by atoms with van der Waals surface area (Å²) in [6.45, 7) is 2.24. The number of para-hydroxylation sites is 1. The fraction of sp³-hybridized carbons (Fsp3) is 0.286. The van der Waals surface area contributed by atoms with Crippen molar-refractivity contribution in [3.05, 3.63) is 68.8 Å². The highest BCUT2D eigenvalue weighted by Gasteiger charge is 2.23. The average molecular weight is 565 g/mol. The summed E-state index contributed by atoms with van der Waals surface area (Å²) in [6.07, 6.45) is 5.37. The van der Waals surface area contributed by atoms with E-state index >= 15 is 0 Å². The number of benzene rings is 2. The van der Waals surface area contributed by atoms with Gasteiger partial charge in [0.05, 0.1) is 36.8 Å². The summed E-state index contributed by atoms with van der Waals surface area (Å²) < 4.78 is 12.2. The predicted molar refractivity (Wildman–Crippen MR) is 154 cm³/mol. The van der Waals surface area contributed by atoms with Crippen molar-refractivity contribution in [3.8, 4) is 22.9 Å². The zero-order valence-electron chi connectivity index (χ0n) is 21.6. The lowest BCUT2D eigenvalue weighted by atomic mass is 9.97. The van der Waals surface area contributed by atoms with Crippen molar-refractivity contribution in [2.75, 3.05) is 19.5 Å². The van der Waals surface area contributed by atoms with Crippen LogP contribution in [0.2, 0.25) is 0 Å². The summed E-state index contributed by atoms with van der Waals surface area (Å²) in [5.74, 6) is 0.584. The molecule has 0 fully saturated rings. The van der Waals surface area contributed by atoms with Crippen molar-refractivity contribution in [2.24, 2.45) is 5.10 Å². The lowest BCUT2D eigenvalue weighted by Crippen LogP contribution is -2.24. The maximum Gasteiger partial charge on any atom is 0.267 e. The van der Waals surface area contributed by atoms with Crippen LogP contribution in [0, 0.1) is 0 Å². The lowest BCUT2D eigenvalue weighted by molar-refractivity contribution is -0.118. The second-order valence-corrected chi connectivity index (χ2v) is 10.9. The molecule has 4 aromatic rings. The quantitative estimate of drug-likeness (QED) is 0.131. The molecule has 0 unspecified atom stereocenters. The Morgan fingerprint density at radius 1 is 1.23 bits per heavy atom. The number of carbonyl (C=O) groups excluding carboxylic acids is 1. The number of amides is 1. The summed E-state index contributed by atoms with van der Waals surface area (Å²) in [5.41, 5.74) is 4.52. The maximum absolute atomic E-state index is 13.8. The molecule has 202 valence electrons. The smallest absolute Gasteiger partial charge is 0.267 e. The van der Waals surface area contributed by atoms with Crippen LogP contribution in [0.4, 0.5) is 0 Å². The van der Waals surface area contributed by atoms with Gasteiger partial charge < -0.3 is 14.6 Å². The van der Waals surface area contributed by atoms with Crippen LogP contribution in [0.15, 0.2) is 57.5 Å². The molecule has 1 amide bonds. The molecular formula is C28H28N4O5S2. The number of hydrazone groups is 1. The third-order valence-corrected chi connectivity index (χ3v) is 8.47. The minimum absolute atomic E-state index is 0.0124. The van der Waals surface area contributed by atoms with Crippen molar-refractivity contribution in [1.29, 1.82) is 0 Å². The number of aromatic nitrogens is 2. The van der Waals surface area contributed by atoms with Gasteiger partial charge in [0.25, 0.3) is 11.5 Å². The van der Waals surface area contributed by atoms with Gasteiger partial charge in [0.1, 0.15) is 10.6 Å². The number of nitrogens with zero attached hydrogens (tertiary/aromatic N) is 3. The van der Waals surface area contributed by atoms with Crippen LogP contribution in [-0.2, 0) is 17.6 Å². The number of carbonyl (C=O) groups is 1. The molecule has 11 heteroatoms. The highest BCUT2D eigenvalue weighted by Crippen LogP contribution is 2.35. The van der Waals surface area contributed by atoms with Gasteiger partial charge in [-0.25, -0.2) is 10.4 Å². The van der Waals surface area contributed by atoms with Crippen LogP contribution in [0.1, 0.15) is 35.8 Å². The monoisotopic (exact) mass is 564 g/mol. The number of nitrogens with one attached hydrogen (secondary N) is 1. The third kappa shape index (κ3) is 5.64. The number of phenols is 1. The van der Waals surface area contributed by atoms with Crippen LogP contribution < -0.4 is 20.5 Å². The normalized spacial score (nSPS) is 13.0. The molecule has 2 aromatic heterocycles. The van der Waals surface area contributed by atoms with Gasteiger partial charge in [0, 0.05) is 10.4 Å². The topological polar surface area (TPSA) is 115 Å². The van der Waals surface area contributed by atoms with Crippen molar-refractivity contribution in [3.63, 3.8) is 0 Å². The Hall–Kier alpha value is -3.83. The SMILES string of the molecule is CCOc1cccc(/C=N/NC(=O)CSc2nc3sc4c(c3c(=O)n2-c2ccc(OC)cc2)CCCC4)c1O. The number of aryl methyl sites for hydroxylation is 2. The predicted octanol–water partition coefficient (Wildman–Crippen LogP) is 4.68. The third-order valence-electron chi connectivity index (χ3n) is 6.34. The van der Waals surface area contributed by atoms with Crippen molar-refractivity contribution >= 4 is 45.4 Å². The van der Waals surface area contributed by atoms with E-state index in [9.17, 15) is 14.7 Å². The number of thiophene rings is 1. The second kappa shape index (κ2) is 11.9. The Morgan fingerprint density at radius 2 is 2.03 bits per heavy atom. The average Bonchev–Trinajstić information content (AvgIpc) is 3.33. The van der Waals surface area contributed by atoms with Gasteiger partial charge in [-0.1, -0.05) is 17.8 Å². The number of methoxy groups -OCH3 is 1. The number of fused-ring (bicyclic) bond motifs is 3. The van der Waals surface area contributed by atoms with E-state index in [0.717, 1.165) is 31.2 Å². The van der Waals surface area contributed by atoms with Crippen LogP contribution >= 0.6 is 23.1 Å². The van der Waals surface area contributed by atoms with E-state index in [2.05, 4.69) is 10.5 Å². The molecular weight excluding hydrogens is 536 g/mol. The van der Waals surface area contributed by atoms with Crippen LogP contribution in [0.5, 0.6) is 17.2 Å². The van der Waals surface area contributed by atoms with Crippen LogP contribution in [-0.4, -0.2) is 46.2 Å². The van der Waals surface area contributed by atoms with Gasteiger partial charge >= 0.3 is 0 Å². The number of rotatable bonds is 9. The molecule has 39 heavy (non-hydrogen) atoms. The number of aromatic hydroxyl groups is 1. The minimum atomic E-state index is -0.377. The summed E-state index contributed by atoms with van der Waals surface area (Å²) in [4.78, 5) is 33.3. The molecule has 2 aromatic carbocycles. The Bertz CT molecular complexity index is 1590. The molecule has 2 heterocycles. The molecule has 0 aliphatic heterocycles. The first kappa shape index (κ1) is 26.8. The van der Waals surface area contributed by atoms with Gasteiger partial charge in [-0.15, -0.1) is 11.3 Å². The van der Waals surface area contributed by atoms with Crippen LogP contribution in [0.25, 0.3) is 15.9 Å². The standard InChI is InChI=1S/C28H28N4O5S2/c1-3-37-21-9-6-7-17(25(21)34)15-29-31-23(33)16-38-28-30-26-24(20-8-4-5-10-22(20)39-26)27(35)32(28)18-11-13-19(36-2)14-12-18/h6-7,9,11-15,34H,3-5,8,10,16H2,1-2H3,(H,31,33)/b29-15+. The lowest BCUT2D eigenvalue weighted by Gasteiger charge is -2.14. The molecule has 0 atom stereocenters. The minimum Gasteiger partial charge on any atom is -0.504 e. The summed E-state index contributed by atoms with van der Waals surface area (Å²) >= 11 is 2.74. The number of phenolic OH excluding ortho intramolecular Hbond substituents is 1. The van der Waals surface area contributed by atoms with Gasteiger partial charge in [0.2, 0.25) is 0 Å². The van der Waals surface area contributed by atoms with E-state index in [-0.39, 0.29) is 23.0 Å². The number of hydrogen-bond acceptors (Lipinski definition) is 9. The summed E-state index contributed by atoms with van der Waals surface area (Å²) in [6, 6.07) is 12.2. The largest absolute Gasteiger partial charge is 0.504 e. The van der Waals surface area contributed by atoms with Gasteiger partial charge in [-0.3, -0.25) is 14.2 Å². The fourth-order valence-corrected chi connectivity index (χ4v) is 6.60. The Kier molecular flexibility index (Phi) is 8.18. The second-order valence-electron chi connectivity index (χ2n) is 8.83. The van der Waals surface area contributed by atoms with Crippen molar-refractivity contribution in [1.82, 2.24) is 15.0 Å². The molecule has 0 radical (unpaired) electrons. The van der Waals surface area contributed by atoms with Gasteiger partial charge in [0.15, 0.2) is 16.7 Å². The molecule has 0 bridgehead atoms. The van der Waals surface area contributed by atoms with E-state index in [0.29, 0.717) is 44.7 Å². The number of ether oxygens (including phenoxy) is 2. The van der Waals surface area contributed by atoms with Crippen molar-refractivity contribution in [2.45, 2.75) is 37.8 Å². The highest BCUT2D eigenvalue weighted by atomic mass is 32.2. The first-order chi connectivity index (χ1) is 19.0. The molecule has 1 aliphatic rings. The van der Waals surface area contributed by atoms with E-state index in [1.54, 1.807) is 53.3 Å². The van der Waals surface area contributed by atoms with Gasteiger partial charge in [-0.2, -0.15) is 5.10 Å². The molecule has 0 saturated heterocycles. The Morgan fingerprint density at radius 3 is 2.79 bits per heavy atom. The zero-order chi connectivity index (χ0) is 27.4. The zero-order valence-corrected chi connectivity index (χ0v) is 23.2. The van der Waals surface area contributed by atoms with E-state index in [4.69, 9.17) is 14.5 Å². The molecule has 0 spiro atoms. The van der Waals surface area contributed by atoms with Crippen LogP contribution in [0.3, 0.4) is 0 Å². The number of thioether (sulfide) groups is 1. The maximum atomic E-state index is 13.8. The molecule has 1 aliphatic carbocycles. The number of hydrogen-bond donors (Lipinski definition) is 2. The van der Waals surface area contributed by atoms with E-state index in [1.807, 2.05) is 19.1 Å². The Balaban J connectivity index is 1.40. The molecule has 5 rings (SSSR count). The fourth-order valence-electron chi connectivity index (χ4n) is 4.49. The Labute approximate surface area is 233 Å². The van der Waals surface area contributed by atoms with Crippen molar-refractivity contribution < 1.29 is 19.4 Å². The van der Waals surface area contributed by atoms with E-state index in [1.165, 1.54) is 22.9 Å². The molecule has 0 saturated carbocycles. The van der Waals surface area contributed by atoms with E-state index < -0.39 is 0 Å². The molecule has 9 nitrogen and oxygen atoms in total. The van der Waals surface area contributed by atoms with Gasteiger partial charge in [-0.05, 0) is 74.6 Å². The first-order valence-corrected chi connectivity index (χ1v) is 14.4.